The third kappa shape index (κ3) is 5.67. The molecule has 0 saturated carbocycles. The van der Waals surface area contributed by atoms with Crippen molar-refractivity contribution in [3.8, 4) is 0 Å². The van der Waals surface area contributed by atoms with Crippen LogP contribution in [0.5, 0.6) is 0 Å². The van der Waals surface area contributed by atoms with Gasteiger partial charge >= 0.3 is 5.97 Å². The normalized spacial score (nSPS) is 11.7. The van der Waals surface area contributed by atoms with Crippen molar-refractivity contribution < 1.29 is 9.90 Å². The Morgan fingerprint density at radius 1 is 1.19 bits per heavy atom. The summed E-state index contributed by atoms with van der Waals surface area (Å²) in [6, 6.07) is 14.5. The number of anilines is 1. The van der Waals surface area contributed by atoms with Crippen LogP contribution in [0.15, 0.2) is 66.1 Å². The maximum atomic E-state index is 11.7. The van der Waals surface area contributed by atoms with Gasteiger partial charge in [-0.15, -0.1) is 0 Å². The lowest BCUT2D eigenvalue weighted by atomic mass is 10.1. The summed E-state index contributed by atoms with van der Waals surface area (Å²) in [5.74, 6) is -0.403. The second kappa shape index (κ2) is 9.34. The molecule has 2 N–H and O–H groups in total. The molecule has 2 aromatic heterocycles. The molecule has 0 radical (unpaired) electrons. The first-order valence-corrected chi connectivity index (χ1v) is 9.49. The van der Waals surface area contributed by atoms with Crippen molar-refractivity contribution in [1.29, 1.82) is 0 Å². The summed E-state index contributed by atoms with van der Waals surface area (Å²) in [6.45, 7) is 0.643. The van der Waals surface area contributed by atoms with Gasteiger partial charge in [-0.1, -0.05) is 59.8 Å². The van der Waals surface area contributed by atoms with Crippen molar-refractivity contribution in [3.05, 3.63) is 77.2 Å². The standard InChI is InChI=1S/C19H17ClN4O2S/c20-15-11-16(22-10-8-13-5-4-9-21-12-13)24-19(23-15)27-17(18(25)26)14-6-2-1-3-7-14/h1-7,9,11-12,17H,8,10H2,(H,25,26)(H,22,23,24). The number of carboxylic acid groups (broad SMARTS) is 1. The van der Waals surface area contributed by atoms with Crippen LogP contribution in [-0.4, -0.2) is 32.6 Å². The predicted octanol–water partition coefficient (Wildman–Crippen LogP) is 4.10. The molecule has 1 atom stereocenters. The van der Waals surface area contributed by atoms with E-state index in [0.717, 1.165) is 23.7 Å². The van der Waals surface area contributed by atoms with Crippen molar-refractivity contribution in [2.75, 3.05) is 11.9 Å². The molecule has 0 fully saturated rings. The highest BCUT2D eigenvalue weighted by atomic mass is 35.5. The number of thioether (sulfide) groups is 1. The van der Waals surface area contributed by atoms with Gasteiger partial charge in [0.1, 0.15) is 16.2 Å². The molecule has 1 aromatic carbocycles. The van der Waals surface area contributed by atoms with E-state index >= 15 is 0 Å². The number of halogens is 1. The molecular formula is C19H17ClN4O2S. The monoisotopic (exact) mass is 400 g/mol. The van der Waals surface area contributed by atoms with Crippen LogP contribution in [0.4, 0.5) is 5.82 Å². The Bertz CT molecular complexity index is 897. The third-order valence-electron chi connectivity index (χ3n) is 3.67. The fourth-order valence-electron chi connectivity index (χ4n) is 2.42. The zero-order valence-corrected chi connectivity index (χ0v) is 15.8. The molecule has 0 spiro atoms. The number of aliphatic carboxylic acids is 1. The Morgan fingerprint density at radius 2 is 2.00 bits per heavy atom. The zero-order chi connectivity index (χ0) is 19.1. The van der Waals surface area contributed by atoms with Crippen LogP contribution in [0.2, 0.25) is 5.15 Å². The quantitative estimate of drug-likeness (QED) is 0.334. The Hall–Kier alpha value is -2.64. The molecular weight excluding hydrogens is 384 g/mol. The van der Waals surface area contributed by atoms with Crippen molar-refractivity contribution in [1.82, 2.24) is 15.0 Å². The minimum Gasteiger partial charge on any atom is -0.480 e. The number of pyridine rings is 1. The van der Waals surface area contributed by atoms with Gasteiger partial charge in [-0.25, -0.2) is 9.97 Å². The van der Waals surface area contributed by atoms with E-state index in [4.69, 9.17) is 11.6 Å². The summed E-state index contributed by atoms with van der Waals surface area (Å²) in [5.41, 5.74) is 1.78. The smallest absolute Gasteiger partial charge is 0.321 e. The number of carboxylic acids is 1. The fourth-order valence-corrected chi connectivity index (χ4v) is 3.56. The Morgan fingerprint density at radius 3 is 2.70 bits per heavy atom. The molecule has 0 aliphatic heterocycles. The van der Waals surface area contributed by atoms with E-state index in [1.54, 1.807) is 36.5 Å². The molecule has 2 heterocycles. The highest BCUT2D eigenvalue weighted by molar-refractivity contribution is 8.00. The van der Waals surface area contributed by atoms with Gasteiger partial charge in [0.15, 0.2) is 5.16 Å². The van der Waals surface area contributed by atoms with Crippen LogP contribution < -0.4 is 5.32 Å². The average Bonchev–Trinajstić information content (AvgIpc) is 2.67. The molecule has 0 amide bonds. The second-order valence-corrected chi connectivity index (χ2v) is 7.10. The van der Waals surface area contributed by atoms with Gasteiger partial charge < -0.3 is 10.4 Å². The van der Waals surface area contributed by atoms with E-state index in [1.165, 1.54) is 0 Å². The predicted molar refractivity (Wildman–Crippen MR) is 106 cm³/mol. The molecule has 0 aliphatic rings. The molecule has 3 rings (SSSR count). The number of carbonyl (C=O) groups is 1. The van der Waals surface area contributed by atoms with Crippen LogP contribution in [0.3, 0.4) is 0 Å². The maximum absolute atomic E-state index is 11.7. The first kappa shape index (κ1) is 19.1. The van der Waals surface area contributed by atoms with E-state index in [1.807, 2.05) is 24.4 Å². The Labute approximate surface area is 166 Å². The van der Waals surface area contributed by atoms with Gasteiger partial charge in [0, 0.05) is 25.0 Å². The number of nitrogens with zero attached hydrogens (tertiary/aromatic N) is 3. The molecule has 27 heavy (non-hydrogen) atoms. The topological polar surface area (TPSA) is 88.0 Å². The van der Waals surface area contributed by atoms with Crippen molar-refractivity contribution in [2.45, 2.75) is 16.8 Å². The fraction of sp³-hybridized carbons (Fsp3) is 0.158. The summed E-state index contributed by atoms with van der Waals surface area (Å²) in [4.78, 5) is 24.3. The van der Waals surface area contributed by atoms with Gasteiger partial charge in [0.05, 0.1) is 0 Å². The summed E-state index contributed by atoms with van der Waals surface area (Å²) in [6.07, 6.45) is 4.32. The third-order valence-corrected chi connectivity index (χ3v) is 4.96. The van der Waals surface area contributed by atoms with E-state index in [0.29, 0.717) is 23.1 Å². The van der Waals surface area contributed by atoms with E-state index in [-0.39, 0.29) is 5.15 Å². The summed E-state index contributed by atoms with van der Waals surface area (Å²) in [7, 11) is 0. The highest BCUT2D eigenvalue weighted by Gasteiger charge is 2.23. The number of hydrogen-bond donors (Lipinski definition) is 2. The van der Waals surface area contributed by atoms with Gasteiger partial charge in [-0.05, 0) is 23.6 Å². The van der Waals surface area contributed by atoms with E-state index in [9.17, 15) is 9.90 Å². The van der Waals surface area contributed by atoms with Gasteiger partial charge in [0.25, 0.3) is 0 Å². The first-order chi connectivity index (χ1) is 13.1. The molecule has 8 heteroatoms. The number of benzene rings is 1. The molecule has 6 nitrogen and oxygen atoms in total. The molecule has 0 aliphatic carbocycles. The lowest BCUT2D eigenvalue weighted by Crippen LogP contribution is -2.10. The SMILES string of the molecule is O=C(O)C(Sc1nc(Cl)cc(NCCc2cccnc2)n1)c1ccccc1. The van der Waals surface area contributed by atoms with Crippen molar-refractivity contribution in [2.24, 2.45) is 0 Å². The number of rotatable bonds is 8. The second-order valence-electron chi connectivity index (χ2n) is 5.64. The summed E-state index contributed by atoms with van der Waals surface area (Å²) < 4.78 is 0. The molecule has 1 unspecified atom stereocenters. The molecule has 0 bridgehead atoms. The molecule has 3 aromatic rings. The lowest BCUT2D eigenvalue weighted by molar-refractivity contribution is -0.136. The summed E-state index contributed by atoms with van der Waals surface area (Å²) in [5, 5.41) is 12.5. The van der Waals surface area contributed by atoms with Gasteiger partial charge in [-0.2, -0.15) is 0 Å². The Kier molecular flexibility index (Phi) is 6.62. The zero-order valence-electron chi connectivity index (χ0n) is 14.2. The van der Waals surface area contributed by atoms with Crippen LogP contribution in [-0.2, 0) is 11.2 Å². The van der Waals surface area contributed by atoms with Gasteiger partial charge in [-0.3, -0.25) is 9.78 Å². The molecule has 138 valence electrons. The first-order valence-electron chi connectivity index (χ1n) is 8.23. The van der Waals surface area contributed by atoms with Crippen LogP contribution in [0.1, 0.15) is 16.4 Å². The van der Waals surface area contributed by atoms with Crippen LogP contribution in [0.25, 0.3) is 0 Å². The number of hydrogen-bond acceptors (Lipinski definition) is 6. The number of nitrogens with one attached hydrogen (secondary N) is 1. The Balaban J connectivity index is 1.69. The van der Waals surface area contributed by atoms with E-state index in [2.05, 4.69) is 20.3 Å². The van der Waals surface area contributed by atoms with Crippen molar-refractivity contribution in [3.63, 3.8) is 0 Å². The number of aromatic nitrogens is 3. The van der Waals surface area contributed by atoms with Crippen molar-refractivity contribution >= 4 is 35.1 Å². The maximum Gasteiger partial charge on any atom is 0.321 e. The average molecular weight is 401 g/mol. The highest BCUT2D eigenvalue weighted by Crippen LogP contribution is 2.34. The largest absolute Gasteiger partial charge is 0.480 e. The van der Waals surface area contributed by atoms with Gasteiger partial charge in [0.2, 0.25) is 0 Å². The lowest BCUT2D eigenvalue weighted by Gasteiger charge is -2.12. The summed E-state index contributed by atoms with van der Waals surface area (Å²) >= 11 is 7.14. The van der Waals surface area contributed by atoms with E-state index < -0.39 is 11.2 Å². The van der Waals surface area contributed by atoms with Crippen LogP contribution in [0, 0.1) is 0 Å². The minimum absolute atomic E-state index is 0.258. The molecule has 0 saturated heterocycles. The minimum atomic E-state index is -0.958. The van der Waals surface area contributed by atoms with Crippen LogP contribution >= 0.6 is 23.4 Å².